The molecule has 0 aliphatic carbocycles. The number of benzene rings is 2. The number of anilines is 1. The van der Waals surface area contributed by atoms with Crippen LogP contribution in [0.1, 0.15) is 4.88 Å². The van der Waals surface area contributed by atoms with Crippen LogP contribution < -0.4 is 5.32 Å². The zero-order valence-corrected chi connectivity index (χ0v) is 14.9. The highest BCUT2D eigenvalue weighted by molar-refractivity contribution is 14.1. The van der Waals surface area contributed by atoms with Crippen LogP contribution in [0.4, 0.5) is 5.69 Å². The molecule has 4 heteroatoms. The molecule has 0 saturated carbocycles. The summed E-state index contributed by atoms with van der Waals surface area (Å²) in [6, 6.07) is 20.8. The third-order valence-corrected chi connectivity index (χ3v) is 5.22. The second-order valence-electron chi connectivity index (χ2n) is 4.61. The number of nitrogens with one attached hydrogen (secondary N) is 1. The Morgan fingerprint density at radius 2 is 1.81 bits per heavy atom. The second kappa shape index (κ2) is 6.81. The maximum absolute atomic E-state index is 6.23. The largest absolute Gasteiger partial charge is 0.379 e. The molecule has 0 aliphatic rings. The Balaban J connectivity index is 1.70. The van der Waals surface area contributed by atoms with Gasteiger partial charge in [0.2, 0.25) is 0 Å². The zero-order valence-electron chi connectivity index (χ0n) is 11.1. The molecule has 3 aromatic rings. The van der Waals surface area contributed by atoms with E-state index >= 15 is 0 Å². The highest BCUT2D eigenvalue weighted by atomic mass is 127. The molecule has 0 bridgehead atoms. The molecule has 3 rings (SSSR count). The van der Waals surface area contributed by atoms with E-state index in [-0.39, 0.29) is 0 Å². The first kappa shape index (κ1) is 14.9. The Morgan fingerprint density at radius 1 is 1.00 bits per heavy atom. The quantitative estimate of drug-likeness (QED) is 0.485. The van der Waals surface area contributed by atoms with Crippen LogP contribution in [0.2, 0.25) is 5.02 Å². The summed E-state index contributed by atoms with van der Waals surface area (Å²) < 4.78 is 1.14. The molecule has 1 aromatic heterocycles. The number of rotatable bonds is 4. The third-order valence-electron chi connectivity index (χ3n) is 3.10. The summed E-state index contributed by atoms with van der Waals surface area (Å²) in [6.45, 7) is 0.789. The van der Waals surface area contributed by atoms with Gasteiger partial charge in [-0.15, -0.1) is 11.3 Å². The number of thiophene rings is 1. The lowest BCUT2D eigenvalue weighted by molar-refractivity contribution is 1.19. The fourth-order valence-electron chi connectivity index (χ4n) is 2.05. The Morgan fingerprint density at radius 3 is 2.57 bits per heavy atom. The summed E-state index contributed by atoms with van der Waals surface area (Å²) in [5, 5.41) is 4.16. The molecule has 106 valence electrons. The maximum atomic E-state index is 6.23. The van der Waals surface area contributed by atoms with Crippen molar-refractivity contribution in [1.82, 2.24) is 0 Å². The molecule has 0 saturated heterocycles. The van der Waals surface area contributed by atoms with E-state index in [0.717, 1.165) is 20.8 Å². The van der Waals surface area contributed by atoms with E-state index in [2.05, 4.69) is 70.4 Å². The fourth-order valence-corrected chi connectivity index (χ4v) is 3.92. The molecule has 0 radical (unpaired) electrons. The highest BCUT2D eigenvalue weighted by Gasteiger charge is 2.04. The lowest BCUT2D eigenvalue weighted by atomic mass is 10.2. The molecule has 0 amide bonds. The summed E-state index contributed by atoms with van der Waals surface area (Å²) in [4.78, 5) is 2.59. The van der Waals surface area contributed by atoms with E-state index in [1.54, 1.807) is 0 Å². The molecular weight excluding hydrogens is 413 g/mol. The minimum absolute atomic E-state index is 0.765. The molecule has 2 aromatic carbocycles. The summed E-state index contributed by atoms with van der Waals surface area (Å²) in [7, 11) is 0. The molecule has 1 N–H and O–H groups in total. The Hall–Kier alpha value is -1.04. The van der Waals surface area contributed by atoms with Crippen LogP contribution in [-0.4, -0.2) is 0 Å². The highest BCUT2D eigenvalue weighted by Crippen LogP contribution is 2.29. The normalized spacial score (nSPS) is 10.6. The number of hydrogen-bond donors (Lipinski definition) is 1. The van der Waals surface area contributed by atoms with Gasteiger partial charge in [0, 0.05) is 19.9 Å². The average molecular weight is 426 g/mol. The van der Waals surface area contributed by atoms with Gasteiger partial charge >= 0.3 is 0 Å². The molecule has 21 heavy (non-hydrogen) atoms. The van der Waals surface area contributed by atoms with Crippen molar-refractivity contribution in [3.63, 3.8) is 0 Å². The standard InChI is InChI=1S/C17H13ClINS/c18-15-10-13(19)6-8-16(15)20-11-14-7-9-17(21-14)12-4-2-1-3-5-12/h1-10,20H,11H2. The van der Waals surface area contributed by atoms with Crippen LogP contribution in [0.5, 0.6) is 0 Å². The minimum atomic E-state index is 0.765. The predicted molar refractivity (Wildman–Crippen MR) is 101 cm³/mol. The lowest BCUT2D eigenvalue weighted by Gasteiger charge is -2.07. The Labute approximate surface area is 147 Å². The van der Waals surface area contributed by atoms with E-state index in [1.165, 1.54) is 15.3 Å². The zero-order chi connectivity index (χ0) is 14.7. The Bertz CT molecular complexity index is 740. The van der Waals surface area contributed by atoms with Crippen molar-refractivity contribution in [2.75, 3.05) is 5.32 Å². The first-order valence-electron chi connectivity index (χ1n) is 6.55. The van der Waals surface area contributed by atoms with Gasteiger partial charge in [-0.05, 0) is 58.5 Å². The van der Waals surface area contributed by atoms with Crippen molar-refractivity contribution < 1.29 is 0 Å². The number of halogens is 2. The van der Waals surface area contributed by atoms with Crippen molar-refractivity contribution in [3.05, 3.63) is 74.1 Å². The molecule has 1 heterocycles. The van der Waals surface area contributed by atoms with E-state index in [4.69, 9.17) is 11.6 Å². The minimum Gasteiger partial charge on any atom is -0.379 e. The van der Waals surface area contributed by atoms with Crippen molar-refractivity contribution in [2.45, 2.75) is 6.54 Å². The summed E-state index contributed by atoms with van der Waals surface area (Å²) >= 11 is 10.3. The molecule has 0 unspecified atom stereocenters. The summed E-state index contributed by atoms with van der Waals surface area (Å²) in [5.41, 5.74) is 2.24. The van der Waals surface area contributed by atoms with Crippen molar-refractivity contribution in [3.8, 4) is 10.4 Å². The molecular formula is C17H13ClINS. The fraction of sp³-hybridized carbons (Fsp3) is 0.0588. The molecule has 0 atom stereocenters. The molecule has 0 aliphatic heterocycles. The first-order chi connectivity index (χ1) is 10.2. The first-order valence-corrected chi connectivity index (χ1v) is 8.83. The van der Waals surface area contributed by atoms with Gasteiger partial charge in [0.05, 0.1) is 10.7 Å². The van der Waals surface area contributed by atoms with Gasteiger partial charge in [-0.3, -0.25) is 0 Å². The summed E-state index contributed by atoms with van der Waals surface area (Å²) in [6.07, 6.45) is 0. The average Bonchev–Trinajstić information content (AvgIpc) is 2.96. The van der Waals surface area contributed by atoms with Crippen LogP contribution in [0.15, 0.2) is 60.7 Å². The van der Waals surface area contributed by atoms with Gasteiger partial charge in [0.15, 0.2) is 0 Å². The van der Waals surface area contributed by atoms with Crippen LogP contribution in [0, 0.1) is 3.57 Å². The van der Waals surface area contributed by atoms with Gasteiger partial charge in [-0.25, -0.2) is 0 Å². The van der Waals surface area contributed by atoms with E-state index < -0.39 is 0 Å². The van der Waals surface area contributed by atoms with Crippen LogP contribution in [0.3, 0.4) is 0 Å². The van der Waals surface area contributed by atoms with Gasteiger partial charge < -0.3 is 5.32 Å². The van der Waals surface area contributed by atoms with Crippen LogP contribution >= 0.6 is 45.5 Å². The van der Waals surface area contributed by atoms with Gasteiger partial charge in [0.25, 0.3) is 0 Å². The van der Waals surface area contributed by atoms with E-state index in [1.807, 2.05) is 29.5 Å². The molecule has 0 spiro atoms. The molecule has 1 nitrogen and oxygen atoms in total. The Kier molecular flexibility index (Phi) is 4.83. The topological polar surface area (TPSA) is 12.0 Å². The van der Waals surface area contributed by atoms with Crippen molar-refractivity contribution >= 4 is 51.2 Å². The van der Waals surface area contributed by atoms with Crippen LogP contribution in [-0.2, 0) is 6.54 Å². The van der Waals surface area contributed by atoms with E-state index in [9.17, 15) is 0 Å². The number of hydrogen-bond acceptors (Lipinski definition) is 2. The third kappa shape index (κ3) is 3.78. The van der Waals surface area contributed by atoms with Crippen molar-refractivity contribution in [2.24, 2.45) is 0 Å². The van der Waals surface area contributed by atoms with Crippen LogP contribution in [0.25, 0.3) is 10.4 Å². The predicted octanol–water partition coefficient (Wildman–Crippen LogP) is 6.29. The molecule has 0 fully saturated rings. The van der Waals surface area contributed by atoms with Gasteiger partial charge in [-0.2, -0.15) is 0 Å². The summed E-state index contributed by atoms with van der Waals surface area (Å²) in [5.74, 6) is 0. The van der Waals surface area contributed by atoms with Gasteiger partial charge in [-0.1, -0.05) is 41.9 Å². The monoisotopic (exact) mass is 425 g/mol. The van der Waals surface area contributed by atoms with E-state index in [0.29, 0.717) is 0 Å². The smallest absolute Gasteiger partial charge is 0.0648 e. The van der Waals surface area contributed by atoms with Crippen molar-refractivity contribution in [1.29, 1.82) is 0 Å². The van der Waals surface area contributed by atoms with Gasteiger partial charge in [0.1, 0.15) is 0 Å². The maximum Gasteiger partial charge on any atom is 0.0648 e. The second-order valence-corrected chi connectivity index (χ2v) is 7.43. The SMILES string of the molecule is Clc1cc(I)ccc1NCc1ccc(-c2ccccc2)s1. The lowest BCUT2D eigenvalue weighted by Crippen LogP contribution is -1.97.